The molecule has 6 heteroatoms. The van der Waals surface area contributed by atoms with Gasteiger partial charge in [-0.05, 0) is 28.1 Å². The monoisotopic (exact) mass is 308 g/mol. The van der Waals surface area contributed by atoms with Gasteiger partial charge in [0.05, 0.1) is 11.2 Å². The normalized spacial score (nSPS) is 10.9. The van der Waals surface area contributed by atoms with E-state index in [1.165, 1.54) is 6.33 Å². The van der Waals surface area contributed by atoms with E-state index in [1.807, 2.05) is 18.2 Å². The number of aromatic nitrogens is 4. The van der Waals surface area contributed by atoms with Crippen LogP contribution in [0.4, 0.5) is 0 Å². The van der Waals surface area contributed by atoms with Gasteiger partial charge in [0.15, 0.2) is 5.65 Å². The molecule has 0 spiro atoms. The molecule has 0 saturated carbocycles. The Bertz CT molecular complexity index is 662. The third-order valence-corrected chi connectivity index (χ3v) is 3.59. The summed E-state index contributed by atoms with van der Waals surface area (Å²) in [4.78, 5) is 15.5. The van der Waals surface area contributed by atoms with E-state index < -0.39 is 0 Å². The zero-order chi connectivity index (χ0) is 11.8. The number of imidazole rings is 1. The first-order chi connectivity index (χ1) is 8.24. The van der Waals surface area contributed by atoms with Crippen molar-refractivity contribution in [3.63, 3.8) is 0 Å². The van der Waals surface area contributed by atoms with Gasteiger partial charge in [0.1, 0.15) is 17.7 Å². The smallest absolute Gasteiger partial charge is 0.181 e. The van der Waals surface area contributed by atoms with E-state index in [9.17, 15) is 0 Å². The number of H-pyrrole nitrogens is 1. The molecule has 4 nitrogen and oxygen atoms in total. The molecule has 3 aromatic rings. The van der Waals surface area contributed by atoms with Crippen LogP contribution >= 0.6 is 27.5 Å². The number of benzene rings is 1. The van der Waals surface area contributed by atoms with Crippen LogP contribution < -0.4 is 0 Å². The maximum Gasteiger partial charge on any atom is 0.181 e. The van der Waals surface area contributed by atoms with Crippen molar-refractivity contribution in [2.75, 3.05) is 0 Å². The molecule has 84 valence electrons. The van der Waals surface area contributed by atoms with Gasteiger partial charge in [-0.2, -0.15) is 0 Å². The van der Waals surface area contributed by atoms with Crippen molar-refractivity contribution >= 4 is 38.7 Å². The largest absolute Gasteiger partial charge is 0.335 e. The molecule has 1 N–H and O–H groups in total. The lowest BCUT2D eigenvalue weighted by atomic mass is 10.2. The molecule has 0 saturated heterocycles. The van der Waals surface area contributed by atoms with Crippen molar-refractivity contribution in [1.29, 1.82) is 0 Å². The highest BCUT2D eigenvalue weighted by atomic mass is 79.9. The average Bonchev–Trinajstić information content (AvgIpc) is 2.76. The predicted octanol–water partition coefficient (Wildman–Crippen LogP) is 3.44. The first-order valence-electron chi connectivity index (χ1n) is 4.85. The Morgan fingerprint density at radius 1 is 1.29 bits per heavy atom. The number of nitrogens with one attached hydrogen (secondary N) is 1. The highest BCUT2D eigenvalue weighted by molar-refractivity contribution is 9.10. The molecule has 3 rings (SSSR count). The molecule has 2 aromatic heterocycles. The van der Waals surface area contributed by atoms with E-state index in [2.05, 4.69) is 35.9 Å². The lowest BCUT2D eigenvalue weighted by Crippen LogP contribution is -1.80. The molecule has 0 amide bonds. The maximum absolute atomic E-state index is 6.05. The van der Waals surface area contributed by atoms with E-state index in [1.54, 1.807) is 6.20 Å². The van der Waals surface area contributed by atoms with Crippen LogP contribution in [0.5, 0.6) is 0 Å². The summed E-state index contributed by atoms with van der Waals surface area (Å²) >= 11 is 9.40. The van der Waals surface area contributed by atoms with Crippen LogP contribution in [0.1, 0.15) is 0 Å². The van der Waals surface area contributed by atoms with Crippen molar-refractivity contribution in [2.24, 2.45) is 0 Å². The fourth-order valence-electron chi connectivity index (χ4n) is 1.54. The highest BCUT2D eigenvalue weighted by Gasteiger charge is 2.07. The average molecular weight is 310 g/mol. The van der Waals surface area contributed by atoms with E-state index in [-0.39, 0.29) is 0 Å². The van der Waals surface area contributed by atoms with Crippen LogP contribution in [0.2, 0.25) is 5.02 Å². The Labute approximate surface area is 110 Å². The molecule has 0 bridgehead atoms. The van der Waals surface area contributed by atoms with Crippen LogP contribution in [-0.4, -0.2) is 19.9 Å². The minimum atomic E-state index is 0.647. The molecular formula is C11H6BrClN4. The van der Waals surface area contributed by atoms with E-state index >= 15 is 0 Å². The second-order valence-electron chi connectivity index (χ2n) is 3.47. The molecule has 0 unspecified atom stereocenters. The maximum atomic E-state index is 6.05. The molecule has 0 aliphatic carbocycles. The third kappa shape index (κ3) is 1.92. The molecule has 0 aliphatic heterocycles. The summed E-state index contributed by atoms with van der Waals surface area (Å²) in [7, 11) is 0. The number of fused-ring (bicyclic) bond motifs is 1. The van der Waals surface area contributed by atoms with Crippen molar-refractivity contribution in [3.05, 3.63) is 40.2 Å². The Morgan fingerprint density at radius 3 is 2.94 bits per heavy atom. The molecule has 0 radical (unpaired) electrons. The number of nitrogens with zero attached hydrogens (tertiary/aromatic N) is 3. The first-order valence-corrected chi connectivity index (χ1v) is 6.02. The van der Waals surface area contributed by atoms with Crippen LogP contribution in [-0.2, 0) is 0 Å². The summed E-state index contributed by atoms with van der Waals surface area (Å²) in [5, 5.41) is 0.647. The van der Waals surface area contributed by atoms with Gasteiger partial charge >= 0.3 is 0 Å². The van der Waals surface area contributed by atoms with Crippen molar-refractivity contribution < 1.29 is 0 Å². The van der Waals surface area contributed by atoms with E-state index in [0.29, 0.717) is 10.7 Å². The number of halogens is 2. The third-order valence-electron chi connectivity index (χ3n) is 2.36. The minimum absolute atomic E-state index is 0.647. The molecule has 2 heterocycles. The molecule has 0 atom stereocenters. The van der Waals surface area contributed by atoms with Gasteiger partial charge in [0.25, 0.3) is 0 Å². The molecule has 0 fully saturated rings. The Balaban J connectivity index is 2.17. The lowest BCUT2D eigenvalue weighted by Gasteiger charge is -1.99. The molecule has 1 aromatic carbocycles. The fraction of sp³-hybridized carbons (Fsp3) is 0. The molecule has 17 heavy (non-hydrogen) atoms. The van der Waals surface area contributed by atoms with Crippen LogP contribution in [0, 0.1) is 0 Å². The fourth-order valence-corrected chi connectivity index (χ4v) is 1.97. The summed E-state index contributed by atoms with van der Waals surface area (Å²) in [6.07, 6.45) is 3.17. The summed E-state index contributed by atoms with van der Waals surface area (Å²) in [5.74, 6) is 0.731. The van der Waals surface area contributed by atoms with E-state index in [4.69, 9.17) is 11.6 Å². The zero-order valence-electron chi connectivity index (χ0n) is 8.48. The van der Waals surface area contributed by atoms with Crippen LogP contribution in [0.25, 0.3) is 22.6 Å². The van der Waals surface area contributed by atoms with Gasteiger partial charge in [0.2, 0.25) is 0 Å². The van der Waals surface area contributed by atoms with Crippen molar-refractivity contribution in [2.45, 2.75) is 0 Å². The van der Waals surface area contributed by atoms with Gasteiger partial charge in [0, 0.05) is 10.0 Å². The predicted molar refractivity (Wildman–Crippen MR) is 69.8 cm³/mol. The summed E-state index contributed by atoms with van der Waals surface area (Å²) in [6, 6.07) is 5.66. The molecule has 0 aliphatic rings. The lowest BCUT2D eigenvalue weighted by molar-refractivity contribution is 1.20. The van der Waals surface area contributed by atoms with Gasteiger partial charge in [-0.25, -0.2) is 15.0 Å². The second-order valence-corrected chi connectivity index (χ2v) is 4.74. The van der Waals surface area contributed by atoms with Crippen molar-refractivity contribution in [3.8, 4) is 11.4 Å². The van der Waals surface area contributed by atoms with Gasteiger partial charge in [-0.3, -0.25) is 0 Å². The highest BCUT2D eigenvalue weighted by Crippen LogP contribution is 2.28. The summed E-state index contributed by atoms with van der Waals surface area (Å²) in [6.45, 7) is 0. The van der Waals surface area contributed by atoms with Gasteiger partial charge < -0.3 is 4.98 Å². The quantitative estimate of drug-likeness (QED) is 0.749. The number of hydrogen-bond donors (Lipinski definition) is 1. The topological polar surface area (TPSA) is 54.5 Å². The Hall–Kier alpha value is -1.46. The van der Waals surface area contributed by atoms with E-state index in [0.717, 1.165) is 21.4 Å². The molecular weight excluding hydrogens is 304 g/mol. The standard InChI is InChI=1S/C11H6BrClN4/c12-7-2-1-6(3-8(7)13)10-16-9-4-14-5-15-11(9)17-10/h1-5H,(H,14,15,16,17). The van der Waals surface area contributed by atoms with Gasteiger partial charge in [-0.15, -0.1) is 0 Å². The Morgan fingerprint density at radius 2 is 2.18 bits per heavy atom. The number of rotatable bonds is 1. The van der Waals surface area contributed by atoms with Crippen LogP contribution in [0.3, 0.4) is 0 Å². The second kappa shape index (κ2) is 4.09. The minimum Gasteiger partial charge on any atom is -0.335 e. The zero-order valence-corrected chi connectivity index (χ0v) is 10.8. The van der Waals surface area contributed by atoms with Crippen molar-refractivity contribution in [1.82, 2.24) is 19.9 Å². The summed E-state index contributed by atoms with van der Waals surface area (Å²) < 4.78 is 0.860. The Kier molecular flexibility index (Phi) is 2.57. The van der Waals surface area contributed by atoms with Crippen LogP contribution in [0.15, 0.2) is 35.2 Å². The number of hydrogen-bond acceptors (Lipinski definition) is 3. The van der Waals surface area contributed by atoms with Gasteiger partial charge in [-0.1, -0.05) is 17.7 Å². The summed E-state index contributed by atoms with van der Waals surface area (Å²) in [5.41, 5.74) is 2.37. The SMILES string of the molecule is Clc1cc(-c2nc3ncncc3[nH]2)ccc1Br. The number of aromatic amines is 1. The first kappa shape index (κ1) is 10.7.